The van der Waals surface area contributed by atoms with Gasteiger partial charge in [-0.1, -0.05) is 6.92 Å². The highest BCUT2D eigenvalue weighted by atomic mass is 16.5. The molecular weight excluding hydrogens is 280 g/mol. The van der Waals surface area contributed by atoms with Crippen molar-refractivity contribution in [2.45, 2.75) is 20.3 Å². The molecule has 1 aromatic carbocycles. The van der Waals surface area contributed by atoms with Gasteiger partial charge in [-0.25, -0.2) is 4.98 Å². The molecule has 2 aromatic rings. The number of nitrogens with zero attached hydrogens (tertiary/aromatic N) is 2. The Morgan fingerprint density at radius 2 is 2.23 bits per heavy atom. The molecule has 0 bridgehead atoms. The molecule has 0 saturated carbocycles. The van der Waals surface area contributed by atoms with E-state index in [1.807, 2.05) is 17.7 Å². The van der Waals surface area contributed by atoms with Crippen LogP contribution in [0.2, 0.25) is 0 Å². The van der Waals surface area contributed by atoms with Crippen LogP contribution in [0.4, 0.5) is 0 Å². The van der Waals surface area contributed by atoms with Crippen molar-refractivity contribution in [2.75, 3.05) is 13.7 Å². The number of hydrogen-bond acceptors (Lipinski definition) is 4. The number of aromatic nitrogens is 2. The Labute approximate surface area is 130 Å². The molecule has 1 aromatic heterocycles. The van der Waals surface area contributed by atoms with Crippen LogP contribution in [-0.2, 0) is 0 Å². The Kier molecular flexibility index (Phi) is 5.36. The molecule has 0 saturated heterocycles. The van der Waals surface area contributed by atoms with Gasteiger partial charge in [0, 0.05) is 18.1 Å². The monoisotopic (exact) mass is 300 g/mol. The molecule has 0 unspecified atom stereocenters. The second-order valence-corrected chi connectivity index (χ2v) is 4.89. The maximum absolute atomic E-state index is 11.1. The number of methoxy groups -OCH3 is 1. The Morgan fingerprint density at radius 1 is 1.41 bits per heavy atom. The summed E-state index contributed by atoms with van der Waals surface area (Å²) < 4.78 is 12.8. The van der Waals surface area contributed by atoms with Crippen LogP contribution in [0.3, 0.4) is 0 Å². The Hall–Kier alpha value is -2.56. The minimum atomic E-state index is 0.418. The maximum atomic E-state index is 11.1. The fourth-order valence-corrected chi connectivity index (χ4v) is 1.98. The molecule has 0 aliphatic heterocycles. The summed E-state index contributed by atoms with van der Waals surface area (Å²) in [6.45, 7) is 4.48. The number of rotatable bonds is 7. The van der Waals surface area contributed by atoms with E-state index >= 15 is 0 Å². The lowest BCUT2D eigenvalue weighted by molar-refractivity contribution is 0.111. The van der Waals surface area contributed by atoms with Gasteiger partial charge in [0.05, 0.1) is 19.0 Å². The zero-order chi connectivity index (χ0) is 15.9. The van der Waals surface area contributed by atoms with E-state index in [1.54, 1.807) is 37.8 Å². The van der Waals surface area contributed by atoms with Gasteiger partial charge in [0.2, 0.25) is 0 Å². The molecule has 0 atom stereocenters. The SMILES string of the molecule is CC/C(=C\n1cncc1C)COc1ccc(OC)cc1C=O. The predicted molar refractivity (Wildman–Crippen MR) is 85.4 cm³/mol. The van der Waals surface area contributed by atoms with Crippen LogP contribution in [0, 0.1) is 6.92 Å². The van der Waals surface area contributed by atoms with E-state index in [4.69, 9.17) is 9.47 Å². The fourth-order valence-electron chi connectivity index (χ4n) is 1.98. The van der Waals surface area contributed by atoms with E-state index < -0.39 is 0 Å². The van der Waals surface area contributed by atoms with Gasteiger partial charge in [0.25, 0.3) is 0 Å². The molecule has 0 amide bonds. The zero-order valence-electron chi connectivity index (χ0n) is 13.1. The van der Waals surface area contributed by atoms with Crippen molar-refractivity contribution in [1.82, 2.24) is 9.55 Å². The van der Waals surface area contributed by atoms with Gasteiger partial charge < -0.3 is 14.0 Å². The van der Waals surface area contributed by atoms with Crippen LogP contribution in [0.15, 0.2) is 36.3 Å². The van der Waals surface area contributed by atoms with Crippen molar-refractivity contribution < 1.29 is 14.3 Å². The van der Waals surface area contributed by atoms with Crippen molar-refractivity contribution in [3.63, 3.8) is 0 Å². The van der Waals surface area contributed by atoms with Crippen LogP contribution in [0.25, 0.3) is 6.20 Å². The topological polar surface area (TPSA) is 53.4 Å². The summed E-state index contributed by atoms with van der Waals surface area (Å²) in [6, 6.07) is 5.19. The van der Waals surface area contributed by atoms with E-state index in [9.17, 15) is 4.79 Å². The Bertz CT molecular complexity index is 674. The number of ether oxygens (including phenoxy) is 2. The lowest BCUT2D eigenvalue weighted by atomic mass is 10.2. The van der Waals surface area contributed by atoms with Crippen molar-refractivity contribution in [3.8, 4) is 11.5 Å². The van der Waals surface area contributed by atoms with Gasteiger partial charge in [-0.2, -0.15) is 0 Å². The standard InChI is InChI=1S/C17H20N2O3/c1-4-14(9-19-12-18-8-13(19)2)11-22-17-6-5-16(21-3)7-15(17)10-20/h5-10,12H,4,11H2,1-3H3/b14-9+. The van der Waals surface area contributed by atoms with Gasteiger partial charge in [-0.05, 0) is 37.1 Å². The molecule has 0 aliphatic rings. The van der Waals surface area contributed by atoms with Gasteiger partial charge in [0.15, 0.2) is 6.29 Å². The molecule has 1 heterocycles. The fraction of sp³-hybridized carbons (Fsp3) is 0.294. The van der Waals surface area contributed by atoms with Crippen LogP contribution in [-0.4, -0.2) is 29.6 Å². The van der Waals surface area contributed by atoms with Crippen LogP contribution in [0.5, 0.6) is 11.5 Å². The largest absolute Gasteiger partial charge is 0.497 e. The summed E-state index contributed by atoms with van der Waals surface area (Å²) in [5.41, 5.74) is 2.64. The summed E-state index contributed by atoms with van der Waals surface area (Å²) in [5, 5.41) is 0. The third-order valence-electron chi connectivity index (χ3n) is 3.39. The summed E-state index contributed by atoms with van der Waals surface area (Å²) >= 11 is 0. The summed E-state index contributed by atoms with van der Waals surface area (Å²) in [7, 11) is 1.57. The number of carbonyl (C=O) groups excluding carboxylic acids is 1. The normalized spacial score (nSPS) is 11.3. The molecular formula is C17H20N2O3. The lowest BCUT2D eigenvalue weighted by Gasteiger charge is -2.12. The number of aldehydes is 1. The molecule has 0 aliphatic carbocycles. The van der Waals surface area contributed by atoms with E-state index in [-0.39, 0.29) is 0 Å². The number of hydrogen-bond donors (Lipinski definition) is 0. The van der Waals surface area contributed by atoms with E-state index in [1.165, 1.54) is 0 Å². The van der Waals surface area contributed by atoms with Crippen molar-refractivity contribution in [3.05, 3.63) is 47.6 Å². The first-order valence-corrected chi connectivity index (χ1v) is 7.12. The average Bonchev–Trinajstić information content (AvgIpc) is 2.96. The van der Waals surface area contributed by atoms with Gasteiger partial charge in [0.1, 0.15) is 18.1 Å². The van der Waals surface area contributed by atoms with E-state index in [0.29, 0.717) is 23.7 Å². The third kappa shape index (κ3) is 3.75. The minimum absolute atomic E-state index is 0.418. The minimum Gasteiger partial charge on any atom is -0.497 e. The maximum Gasteiger partial charge on any atom is 0.153 e. The molecule has 22 heavy (non-hydrogen) atoms. The molecule has 2 rings (SSSR count). The van der Waals surface area contributed by atoms with Crippen molar-refractivity contribution in [2.24, 2.45) is 0 Å². The lowest BCUT2D eigenvalue weighted by Crippen LogP contribution is -2.04. The third-order valence-corrected chi connectivity index (χ3v) is 3.39. The van der Waals surface area contributed by atoms with Gasteiger partial charge >= 0.3 is 0 Å². The van der Waals surface area contributed by atoms with Gasteiger partial charge in [-0.3, -0.25) is 4.79 Å². The van der Waals surface area contributed by atoms with Crippen molar-refractivity contribution >= 4 is 12.5 Å². The van der Waals surface area contributed by atoms with E-state index in [2.05, 4.69) is 11.9 Å². The van der Waals surface area contributed by atoms with Crippen molar-refractivity contribution in [1.29, 1.82) is 0 Å². The highest BCUT2D eigenvalue weighted by Crippen LogP contribution is 2.23. The van der Waals surface area contributed by atoms with Crippen LogP contribution in [0.1, 0.15) is 29.4 Å². The molecule has 0 radical (unpaired) electrons. The molecule has 0 fully saturated rings. The van der Waals surface area contributed by atoms with Gasteiger partial charge in [-0.15, -0.1) is 0 Å². The first-order valence-electron chi connectivity index (χ1n) is 7.12. The van der Waals surface area contributed by atoms with Crippen LogP contribution < -0.4 is 9.47 Å². The molecule has 5 heteroatoms. The summed E-state index contributed by atoms with van der Waals surface area (Å²) in [6.07, 6.45) is 7.19. The van der Waals surface area contributed by atoms with E-state index in [0.717, 1.165) is 24.0 Å². The summed E-state index contributed by atoms with van der Waals surface area (Å²) in [5.74, 6) is 1.19. The quantitative estimate of drug-likeness (QED) is 0.736. The molecule has 0 spiro atoms. The number of benzene rings is 1. The first-order chi connectivity index (χ1) is 10.7. The smallest absolute Gasteiger partial charge is 0.153 e. The zero-order valence-corrected chi connectivity index (χ0v) is 13.1. The number of imidazole rings is 1. The number of carbonyl (C=O) groups is 1. The highest BCUT2D eigenvalue weighted by Gasteiger charge is 2.06. The number of aryl methyl sites for hydroxylation is 1. The molecule has 5 nitrogen and oxygen atoms in total. The van der Waals surface area contributed by atoms with Crippen LogP contribution >= 0.6 is 0 Å². The molecule has 0 N–H and O–H groups in total. The first kappa shape index (κ1) is 15.8. The highest BCUT2D eigenvalue weighted by molar-refractivity contribution is 5.80. The Morgan fingerprint density at radius 3 is 2.82 bits per heavy atom. The second-order valence-electron chi connectivity index (χ2n) is 4.89. The predicted octanol–water partition coefficient (Wildman–Crippen LogP) is 3.34. The average molecular weight is 300 g/mol. The molecule has 116 valence electrons. The Balaban J connectivity index is 2.12. The second kappa shape index (κ2) is 7.45. The summed E-state index contributed by atoms with van der Waals surface area (Å²) in [4.78, 5) is 15.2.